The highest BCUT2D eigenvalue weighted by Crippen LogP contribution is 2.55. The molecule has 5 aliphatic rings. The number of fused-ring (bicyclic) bond motifs is 1. The molecule has 2 aromatic carbocycles. The fourth-order valence-electron chi connectivity index (χ4n) is 7.98. The first-order valence-corrected chi connectivity index (χ1v) is 13.9. The Labute approximate surface area is 221 Å². The fourth-order valence-corrected chi connectivity index (χ4v) is 7.98. The lowest BCUT2D eigenvalue weighted by atomic mass is 9.53. The molecule has 1 atom stereocenters. The van der Waals surface area contributed by atoms with Gasteiger partial charge in [-0.25, -0.2) is 0 Å². The summed E-state index contributed by atoms with van der Waals surface area (Å²) in [5.74, 6) is 1.57. The third-order valence-electron chi connectivity index (χ3n) is 9.40. The Bertz CT molecular complexity index is 1390. The van der Waals surface area contributed by atoms with Gasteiger partial charge in [0.05, 0.1) is 12.2 Å². The predicted molar refractivity (Wildman–Crippen MR) is 143 cm³/mol. The minimum Gasteiger partial charge on any atom is -0.464 e. The summed E-state index contributed by atoms with van der Waals surface area (Å²) in [6.45, 7) is 0.842. The van der Waals surface area contributed by atoms with E-state index in [-0.39, 0.29) is 17.7 Å². The van der Waals surface area contributed by atoms with E-state index in [9.17, 15) is 14.4 Å². The van der Waals surface area contributed by atoms with Gasteiger partial charge in [0.2, 0.25) is 11.8 Å². The fraction of sp³-hybridized carbons (Fsp3) is 0.452. The maximum atomic E-state index is 13.0. The van der Waals surface area contributed by atoms with Gasteiger partial charge in [0.25, 0.3) is 5.91 Å². The standard InChI is InChI=1S/C31H33N3O4/c35-28-8-6-24(30(37)34-28)26-17-38-27-7-5-23(12-25(26)27)33-29(36)22-3-1-18(2-4-22)16-32-31-13-19-9-20(14-31)11-21(10-19)15-31/h1-5,7,12,17,19-21,24,32H,6,8-11,13-16H2,(H,33,36)(H,34,35,37). The Balaban J connectivity index is 1.01. The Kier molecular flexibility index (Phi) is 5.65. The lowest BCUT2D eigenvalue weighted by Gasteiger charge is -2.57. The van der Waals surface area contributed by atoms with Crippen LogP contribution in [0.2, 0.25) is 0 Å². The summed E-state index contributed by atoms with van der Waals surface area (Å²) in [7, 11) is 0. The number of furan rings is 1. The number of carbonyl (C=O) groups excluding carboxylic acids is 3. The summed E-state index contributed by atoms with van der Waals surface area (Å²) in [6, 6.07) is 13.3. The molecule has 0 radical (unpaired) electrons. The van der Waals surface area contributed by atoms with Gasteiger partial charge in [-0.1, -0.05) is 12.1 Å². The van der Waals surface area contributed by atoms with Gasteiger partial charge in [-0.2, -0.15) is 0 Å². The van der Waals surface area contributed by atoms with Crippen LogP contribution in [0.15, 0.2) is 53.1 Å². The van der Waals surface area contributed by atoms with E-state index in [1.165, 1.54) is 44.1 Å². The smallest absolute Gasteiger partial charge is 0.255 e. The van der Waals surface area contributed by atoms with E-state index in [1.54, 1.807) is 18.4 Å². The lowest BCUT2D eigenvalue weighted by molar-refractivity contribution is -0.134. The first-order valence-electron chi connectivity index (χ1n) is 13.9. The summed E-state index contributed by atoms with van der Waals surface area (Å²) in [4.78, 5) is 36.9. The SMILES string of the molecule is O=C1CCC(c2coc3ccc(NC(=O)c4ccc(CNC56CC7CC(CC(C7)C5)C6)cc4)cc23)C(=O)N1. The number of anilines is 1. The topological polar surface area (TPSA) is 100 Å². The molecule has 1 saturated heterocycles. The van der Waals surface area contributed by atoms with Crippen molar-refractivity contribution in [3.05, 3.63) is 65.4 Å². The van der Waals surface area contributed by atoms with Gasteiger partial charge in [0.1, 0.15) is 5.58 Å². The molecule has 8 rings (SSSR count). The third-order valence-corrected chi connectivity index (χ3v) is 9.40. The first kappa shape index (κ1) is 23.7. The van der Waals surface area contributed by atoms with Gasteiger partial charge in [-0.05, 0) is 98.6 Å². The first-order chi connectivity index (χ1) is 18.4. The minimum absolute atomic E-state index is 0.184. The monoisotopic (exact) mass is 511 g/mol. The number of hydrogen-bond acceptors (Lipinski definition) is 5. The van der Waals surface area contributed by atoms with E-state index < -0.39 is 5.92 Å². The second-order valence-corrected chi connectivity index (χ2v) is 12.1. The van der Waals surface area contributed by atoms with E-state index in [0.29, 0.717) is 35.2 Å². The van der Waals surface area contributed by atoms with E-state index in [4.69, 9.17) is 4.42 Å². The van der Waals surface area contributed by atoms with Crippen LogP contribution in [0.4, 0.5) is 5.69 Å². The largest absolute Gasteiger partial charge is 0.464 e. The van der Waals surface area contributed by atoms with Crippen molar-refractivity contribution in [1.82, 2.24) is 10.6 Å². The van der Waals surface area contributed by atoms with Crippen LogP contribution in [-0.4, -0.2) is 23.3 Å². The molecule has 3 aromatic rings. The van der Waals surface area contributed by atoms with Gasteiger partial charge in [-0.15, -0.1) is 0 Å². The third kappa shape index (κ3) is 4.33. The van der Waals surface area contributed by atoms with E-state index in [0.717, 1.165) is 35.2 Å². The molecule has 1 aliphatic heterocycles. The highest BCUT2D eigenvalue weighted by atomic mass is 16.3. The predicted octanol–water partition coefficient (Wildman–Crippen LogP) is 5.26. The Hall–Kier alpha value is -3.45. The Morgan fingerprint density at radius 1 is 0.974 bits per heavy atom. The molecule has 5 fully saturated rings. The average molecular weight is 512 g/mol. The molecule has 1 unspecified atom stereocenters. The van der Waals surface area contributed by atoms with Crippen molar-refractivity contribution in [2.75, 3.05) is 5.32 Å². The van der Waals surface area contributed by atoms with Gasteiger partial charge in [0.15, 0.2) is 0 Å². The molecular formula is C31H33N3O4. The number of carbonyl (C=O) groups is 3. The van der Waals surface area contributed by atoms with E-state index >= 15 is 0 Å². The molecule has 4 aliphatic carbocycles. The van der Waals surface area contributed by atoms with Crippen molar-refractivity contribution in [2.45, 2.75) is 69.4 Å². The van der Waals surface area contributed by atoms with Crippen LogP contribution in [0.3, 0.4) is 0 Å². The molecule has 38 heavy (non-hydrogen) atoms. The molecule has 7 heteroatoms. The zero-order valence-electron chi connectivity index (χ0n) is 21.4. The highest BCUT2D eigenvalue weighted by molar-refractivity contribution is 6.06. The maximum Gasteiger partial charge on any atom is 0.255 e. The number of rotatable bonds is 6. The average Bonchev–Trinajstić information content (AvgIpc) is 3.30. The minimum atomic E-state index is -0.445. The normalized spacial score (nSPS) is 30.0. The van der Waals surface area contributed by atoms with Gasteiger partial charge in [0, 0.05) is 40.7 Å². The van der Waals surface area contributed by atoms with Crippen LogP contribution >= 0.6 is 0 Å². The number of amides is 3. The Morgan fingerprint density at radius 3 is 2.37 bits per heavy atom. The number of nitrogens with one attached hydrogen (secondary N) is 3. The van der Waals surface area contributed by atoms with E-state index in [1.807, 2.05) is 30.3 Å². The van der Waals surface area contributed by atoms with Crippen molar-refractivity contribution < 1.29 is 18.8 Å². The summed E-state index contributed by atoms with van der Waals surface area (Å²) in [6.07, 6.45) is 10.6. The zero-order valence-corrected chi connectivity index (χ0v) is 21.4. The molecule has 7 nitrogen and oxygen atoms in total. The molecule has 3 N–H and O–H groups in total. The molecular weight excluding hydrogens is 478 g/mol. The Morgan fingerprint density at radius 2 is 1.68 bits per heavy atom. The van der Waals surface area contributed by atoms with Gasteiger partial charge >= 0.3 is 0 Å². The van der Waals surface area contributed by atoms with Crippen LogP contribution in [0.25, 0.3) is 11.0 Å². The second kappa shape index (κ2) is 9.09. The lowest BCUT2D eigenvalue weighted by Crippen LogP contribution is -2.58. The summed E-state index contributed by atoms with van der Waals surface area (Å²) < 4.78 is 5.65. The van der Waals surface area contributed by atoms with Crippen molar-refractivity contribution >= 4 is 34.4 Å². The summed E-state index contributed by atoms with van der Waals surface area (Å²) in [5.41, 5.74) is 4.12. The summed E-state index contributed by atoms with van der Waals surface area (Å²) >= 11 is 0. The van der Waals surface area contributed by atoms with Crippen molar-refractivity contribution in [2.24, 2.45) is 17.8 Å². The van der Waals surface area contributed by atoms with Crippen LogP contribution in [0.5, 0.6) is 0 Å². The van der Waals surface area contributed by atoms with Crippen LogP contribution < -0.4 is 16.0 Å². The number of piperidine rings is 1. The van der Waals surface area contributed by atoms with Crippen LogP contribution in [0.1, 0.15) is 78.8 Å². The summed E-state index contributed by atoms with van der Waals surface area (Å²) in [5, 5.41) is 10.1. The number of imide groups is 1. The highest BCUT2D eigenvalue weighted by Gasteiger charge is 2.50. The van der Waals surface area contributed by atoms with Crippen LogP contribution in [-0.2, 0) is 16.1 Å². The molecule has 0 spiro atoms. The van der Waals surface area contributed by atoms with Crippen molar-refractivity contribution in [1.29, 1.82) is 0 Å². The van der Waals surface area contributed by atoms with E-state index in [2.05, 4.69) is 16.0 Å². The second-order valence-electron chi connectivity index (χ2n) is 12.1. The number of benzene rings is 2. The molecule has 4 bridgehead atoms. The maximum absolute atomic E-state index is 13.0. The van der Waals surface area contributed by atoms with Gasteiger partial charge < -0.3 is 15.1 Å². The van der Waals surface area contributed by atoms with Crippen molar-refractivity contribution in [3.63, 3.8) is 0 Å². The molecule has 3 amide bonds. The van der Waals surface area contributed by atoms with Crippen molar-refractivity contribution in [3.8, 4) is 0 Å². The quantitative estimate of drug-likeness (QED) is 0.392. The molecule has 1 aromatic heterocycles. The molecule has 4 saturated carbocycles. The van der Waals surface area contributed by atoms with Gasteiger partial charge in [-0.3, -0.25) is 19.7 Å². The number of hydrogen-bond donors (Lipinski definition) is 3. The molecule has 2 heterocycles. The molecule has 196 valence electrons. The zero-order chi connectivity index (χ0) is 25.9. The van der Waals surface area contributed by atoms with Crippen LogP contribution in [0, 0.1) is 17.8 Å².